The summed E-state index contributed by atoms with van der Waals surface area (Å²) in [5.41, 5.74) is 1.24. The zero-order valence-corrected chi connectivity index (χ0v) is 26.4. The van der Waals surface area contributed by atoms with E-state index >= 15 is 0 Å². The second kappa shape index (κ2) is 29.1. The molecule has 234 valence electrons. The third-order valence-electron chi connectivity index (χ3n) is 7.56. The summed E-state index contributed by atoms with van der Waals surface area (Å²) in [5, 5.41) is 32.9. The maximum Gasteiger partial charge on any atom is 0.249 e. The van der Waals surface area contributed by atoms with Crippen molar-refractivity contribution in [3.63, 3.8) is 0 Å². The normalized spacial score (nSPS) is 14.7. The van der Waals surface area contributed by atoms with Crippen LogP contribution in [0.4, 0.5) is 0 Å². The molecule has 0 bridgehead atoms. The van der Waals surface area contributed by atoms with Gasteiger partial charge in [-0.3, -0.25) is 4.79 Å². The molecule has 0 fully saturated rings. The first kappa shape index (κ1) is 38.6. The zero-order valence-electron chi connectivity index (χ0n) is 26.4. The van der Waals surface area contributed by atoms with Gasteiger partial charge in [0.05, 0.1) is 18.8 Å². The predicted octanol–water partition coefficient (Wildman–Crippen LogP) is 8.48. The van der Waals surface area contributed by atoms with Gasteiger partial charge in [-0.1, -0.05) is 153 Å². The second-order valence-corrected chi connectivity index (χ2v) is 11.5. The van der Waals surface area contributed by atoms with Crippen LogP contribution in [0.1, 0.15) is 156 Å². The monoisotopic (exact) mass is 563 g/mol. The Morgan fingerprint density at radius 1 is 0.700 bits per heavy atom. The number of amides is 1. The summed E-state index contributed by atoms with van der Waals surface area (Å²) in [6, 6.07) is -0.821. The SMILES string of the molecule is CCCCCCC/C=C/C(C)=C/CC/C=C/[C@@H](O)[C@H](CO)NC(=O)[C@H](O)CCCCCCCCCCCCCC. The van der Waals surface area contributed by atoms with Crippen LogP contribution in [0.25, 0.3) is 0 Å². The number of aliphatic hydroxyl groups excluding tert-OH is 3. The van der Waals surface area contributed by atoms with Crippen LogP contribution < -0.4 is 5.32 Å². The number of hydrogen-bond donors (Lipinski definition) is 4. The number of carbonyl (C=O) groups excluding carboxylic acids is 1. The molecule has 0 aliphatic rings. The van der Waals surface area contributed by atoms with Crippen molar-refractivity contribution < 1.29 is 20.1 Å². The van der Waals surface area contributed by atoms with Gasteiger partial charge < -0.3 is 20.6 Å². The summed E-state index contributed by atoms with van der Waals surface area (Å²) in [6.07, 6.45) is 32.5. The van der Waals surface area contributed by atoms with Gasteiger partial charge in [0.1, 0.15) is 6.10 Å². The predicted molar refractivity (Wildman–Crippen MR) is 171 cm³/mol. The van der Waals surface area contributed by atoms with Gasteiger partial charge in [-0.15, -0.1) is 0 Å². The number of hydrogen-bond acceptors (Lipinski definition) is 4. The number of allylic oxidation sites excluding steroid dienone is 5. The van der Waals surface area contributed by atoms with E-state index in [0.29, 0.717) is 6.42 Å². The molecule has 0 aromatic heterocycles. The molecule has 0 rings (SSSR count). The molecule has 5 heteroatoms. The van der Waals surface area contributed by atoms with Gasteiger partial charge in [-0.2, -0.15) is 0 Å². The molecule has 40 heavy (non-hydrogen) atoms. The van der Waals surface area contributed by atoms with Gasteiger partial charge in [-0.05, 0) is 39.0 Å². The largest absolute Gasteiger partial charge is 0.394 e. The molecule has 0 spiro atoms. The van der Waals surface area contributed by atoms with Crippen LogP contribution in [-0.2, 0) is 4.79 Å². The maximum atomic E-state index is 12.4. The molecular formula is C35H65NO4. The molecular weight excluding hydrogens is 498 g/mol. The highest BCUT2D eigenvalue weighted by molar-refractivity contribution is 5.80. The maximum absolute atomic E-state index is 12.4. The Labute approximate surface area is 247 Å². The fraction of sp³-hybridized carbons (Fsp3) is 0.800. The highest BCUT2D eigenvalue weighted by Gasteiger charge is 2.22. The van der Waals surface area contributed by atoms with Crippen molar-refractivity contribution in [1.29, 1.82) is 0 Å². The lowest BCUT2D eigenvalue weighted by Gasteiger charge is -2.21. The van der Waals surface area contributed by atoms with E-state index in [4.69, 9.17) is 0 Å². The Hall–Kier alpha value is -1.43. The average Bonchev–Trinajstić information content (AvgIpc) is 2.95. The van der Waals surface area contributed by atoms with E-state index in [0.717, 1.165) is 38.5 Å². The van der Waals surface area contributed by atoms with E-state index < -0.39 is 24.2 Å². The third kappa shape index (κ3) is 24.4. The Bertz CT molecular complexity index is 658. The van der Waals surface area contributed by atoms with Crippen LogP contribution in [0.3, 0.4) is 0 Å². The first-order chi connectivity index (χ1) is 19.5. The Balaban J connectivity index is 4.01. The Kier molecular flexibility index (Phi) is 28.0. The quantitative estimate of drug-likeness (QED) is 0.0436. The lowest BCUT2D eigenvalue weighted by atomic mass is 10.0. The van der Waals surface area contributed by atoms with Gasteiger partial charge >= 0.3 is 0 Å². The van der Waals surface area contributed by atoms with Crippen molar-refractivity contribution in [2.24, 2.45) is 0 Å². The first-order valence-electron chi connectivity index (χ1n) is 16.7. The van der Waals surface area contributed by atoms with Crippen molar-refractivity contribution in [3.05, 3.63) is 36.0 Å². The summed E-state index contributed by atoms with van der Waals surface area (Å²) in [4.78, 5) is 12.4. The summed E-state index contributed by atoms with van der Waals surface area (Å²) in [7, 11) is 0. The topological polar surface area (TPSA) is 89.8 Å². The van der Waals surface area contributed by atoms with Crippen molar-refractivity contribution in [3.8, 4) is 0 Å². The van der Waals surface area contributed by atoms with E-state index in [9.17, 15) is 20.1 Å². The molecule has 0 unspecified atom stereocenters. The van der Waals surface area contributed by atoms with Crippen LogP contribution in [0.5, 0.6) is 0 Å². The number of unbranched alkanes of at least 4 members (excludes halogenated alkanes) is 17. The number of carbonyl (C=O) groups is 1. The Morgan fingerprint density at radius 2 is 1.23 bits per heavy atom. The summed E-state index contributed by atoms with van der Waals surface area (Å²) in [6.45, 7) is 6.20. The molecule has 0 aliphatic heterocycles. The molecule has 0 saturated carbocycles. The summed E-state index contributed by atoms with van der Waals surface area (Å²) < 4.78 is 0. The van der Waals surface area contributed by atoms with Gasteiger partial charge in [0.15, 0.2) is 0 Å². The standard InChI is InChI=1S/C35H65NO4/c1-4-6-8-10-12-13-14-15-16-18-20-24-29-34(39)35(40)36-32(30-37)33(38)28-25-21-23-27-31(3)26-22-19-17-11-9-7-5-2/h22,25-28,32-34,37-39H,4-21,23-24,29-30H2,1-3H3,(H,36,40)/b26-22+,28-25+,31-27+/t32-,33+,34+/m0/s1. The third-order valence-corrected chi connectivity index (χ3v) is 7.56. The fourth-order valence-electron chi connectivity index (χ4n) is 4.81. The van der Waals surface area contributed by atoms with Gasteiger partial charge in [0.25, 0.3) is 0 Å². The summed E-state index contributed by atoms with van der Waals surface area (Å²) in [5.74, 6) is -0.523. The lowest BCUT2D eigenvalue weighted by Crippen LogP contribution is -2.48. The van der Waals surface area contributed by atoms with E-state index in [-0.39, 0.29) is 6.61 Å². The van der Waals surface area contributed by atoms with Crippen LogP contribution in [0, 0.1) is 0 Å². The van der Waals surface area contributed by atoms with Crippen LogP contribution >= 0.6 is 0 Å². The highest BCUT2D eigenvalue weighted by Crippen LogP contribution is 2.13. The molecule has 1 amide bonds. The minimum absolute atomic E-state index is 0.384. The molecule has 0 aromatic rings. The summed E-state index contributed by atoms with van der Waals surface area (Å²) >= 11 is 0. The van der Waals surface area contributed by atoms with Crippen molar-refractivity contribution in [2.45, 2.75) is 174 Å². The Morgan fingerprint density at radius 3 is 1.77 bits per heavy atom. The van der Waals surface area contributed by atoms with Crippen LogP contribution in [-0.4, -0.2) is 46.1 Å². The number of aliphatic hydroxyl groups is 3. The first-order valence-corrected chi connectivity index (χ1v) is 16.7. The smallest absolute Gasteiger partial charge is 0.249 e. The molecule has 0 aliphatic carbocycles. The number of nitrogens with one attached hydrogen (secondary N) is 1. The van der Waals surface area contributed by atoms with Gasteiger partial charge in [-0.25, -0.2) is 0 Å². The molecule has 0 saturated heterocycles. The molecule has 5 nitrogen and oxygen atoms in total. The zero-order chi connectivity index (χ0) is 29.7. The van der Waals surface area contributed by atoms with Crippen LogP contribution in [0.15, 0.2) is 36.0 Å². The fourth-order valence-corrected chi connectivity index (χ4v) is 4.81. The molecule has 0 aromatic carbocycles. The van der Waals surface area contributed by atoms with E-state index in [1.165, 1.54) is 95.5 Å². The van der Waals surface area contributed by atoms with E-state index in [1.54, 1.807) is 6.08 Å². The van der Waals surface area contributed by atoms with E-state index in [2.05, 4.69) is 44.3 Å². The van der Waals surface area contributed by atoms with Gasteiger partial charge in [0, 0.05) is 0 Å². The van der Waals surface area contributed by atoms with Crippen molar-refractivity contribution in [1.82, 2.24) is 5.32 Å². The second-order valence-electron chi connectivity index (χ2n) is 11.5. The van der Waals surface area contributed by atoms with Crippen molar-refractivity contribution in [2.75, 3.05) is 6.61 Å². The minimum atomic E-state index is -1.11. The average molecular weight is 564 g/mol. The molecule has 0 radical (unpaired) electrons. The van der Waals surface area contributed by atoms with Crippen molar-refractivity contribution >= 4 is 5.91 Å². The van der Waals surface area contributed by atoms with Crippen LogP contribution in [0.2, 0.25) is 0 Å². The lowest BCUT2D eigenvalue weighted by molar-refractivity contribution is -0.131. The number of rotatable bonds is 28. The molecule has 0 heterocycles. The highest BCUT2D eigenvalue weighted by atomic mass is 16.3. The van der Waals surface area contributed by atoms with E-state index in [1.807, 2.05) is 6.08 Å². The minimum Gasteiger partial charge on any atom is -0.394 e. The molecule has 4 N–H and O–H groups in total. The van der Waals surface area contributed by atoms with Gasteiger partial charge in [0.2, 0.25) is 5.91 Å². The molecule has 3 atom stereocenters.